The fourth-order valence-electron chi connectivity index (χ4n) is 19.3. The van der Waals surface area contributed by atoms with Crippen molar-refractivity contribution >= 4 is 51.8 Å². The number of benzene rings is 4. The molecule has 16 atom stereocenters. The van der Waals surface area contributed by atoms with E-state index in [1.807, 2.05) is 50.1 Å². The number of rotatable bonds is 12. The number of Topliss-reactive ketones (excluding diaryl/α,β-unsaturated/α-hetero) is 1. The standard InChI is InChI=1S/C46H58N4O9.C27H29NO11/c1-8-42(54)23-28-24-45(40(52)57-6,36-30(15-19-49(25-28)26-42)29-13-10-11-14-33(29)47-36)32-21-31-34(22-35(32)56-5)48(4)38-44(31)17-20-50-18-12-16-43(9-2,37(44)50)39(59-27(3)51)46(38,55)41(53)58-7;1-10-22(31)13(28)6-17(38-10)39-15-8-27(36,16(30)9-29)7-12-19(15)26(35)21-20(24(12)33)23(32)11-4-3-5-14(37-2)18(11)25(21)34/h10-14,16,21-22,28,37-39,47,54-55H,8-9,15,17-20,23-26H2,1-7H3;3-5,10,13,15,17,22,29,31,33,35-36H,6-9,28H2,1-2H3/t28-,37-,38+,39+,42-,43+,44+,45-,46-;10-,13-,15-,17-,22+,27-/m00/s1. The minimum Gasteiger partial charge on any atom is -0.507 e. The highest BCUT2D eigenvalue weighted by Crippen LogP contribution is 2.69. The van der Waals surface area contributed by atoms with Gasteiger partial charge in [-0.2, -0.15) is 0 Å². The van der Waals surface area contributed by atoms with Gasteiger partial charge in [0.05, 0.1) is 75.1 Å². The van der Waals surface area contributed by atoms with Crippen molar-refractivity contribution in [2.24, 2.45) is 17.1 Å². The molecule has 98 heavy (non-hydrogen) atoms. The summed E-state index contributed by atoms with van der Waals surface area (Å²) in [5, 5.41) is 80.0. The number of ether oxygens (including phenoxy) is 7. The van der Waals surface area contributed by atoms with Gasteiger partial charge in [-0.1, -0.05) is 56.3 Å². The Morgan fingerprint density at radius 2 is 1.55 bits per heavy atom. The average molecular weight is 1350 g/mol. The molecular weight excluding hydrogens is 1270 g/mol. The third kappa shape index (κ3) is 9.90. The number of hydrogen-bond donors (Lipinski definition) is 9. The van der Waals surface area contributed by atoms with Gasteiger partial charge in [0.15, 0.2) is 24.0 Å². The van der Waals surface area contributed by atoms with Crippen molar-refractivity contribution < 1.29 is 97.7 Å². The zero-order valence-corrected chi connectivity index (χ0v) is 56.5. The predicted octanol–water partition coefficient (Wildman–Crippen LogP) is 3.99. The number of ketones is 3. The summed E-state index contributed by atoms with van der Waals surface area (Å²) < 4.78 is 40.9. The number of phenols is 2. The monoisotopic (exact) mass is 1350 g/mol. The molecule has 9 aliphatic rings. The molecule has 4 aromatic carbocycles. The number of nitrogens with one attached hydrogen (secondary N) is 1. The summed E-state index contributed by atoms with van der Waals surface area (Å²) in [6, 6.07) is 14.6. The summed E-state index contributed by atoms with van der Waals surface area (Å²) in [7, 11) is 7.48. The topological polar surface area (TPSA) is 360 Å². The van der Waals surface area contributed by atoms with Crippen molar-refractivity contribution in [1.82, 2.24) is 14.8 Å². The first-order valence-corrected chi connectivity index (χ1v) is 33.6. The maximum atomic E-state index is 15.3. The smallest absolute Gasteiger partial charge is 0.344 e. The molecule has 1 unspecified atom stereocenters. The Kier molecular flexibility index (Phi) is 17.4. The van der Waals surface area contributed by atoms with Crippen LogP contribution in [0.4, 0.5) is 5.69 Å². The van der Waals surface area contributed by atoms with Crippen LogP contribution in [0.3, 0.4) is 0 Å². The number of aromatic nitrogens is 1. The largest absolute Gasteiger partial charge is 0.507 e. The Bertz CT molecular complexity index is 4140. The minimum absolute atomic E-state index is 0.0173. The van der Waals surface area contributed by atoms with Crippen LogP contribution >= 0.6 is 0 Å². The van der Waals surface area contributed by atoms with Crippen molar-refractivity contribution in [3.8, 4) is 23.0 Å². The van der Waals surface area contributed by atoms with Crippen molar-refractivity contribution in [2.75, 3.05) is 79.7 Å². The summed E-state index contributed by atoms with van der Waals surface area (Å²) >= 11 is 0. The van der Waals surface area contributed by atoms with Crippen molar-refractivity contribution in [3.05, 3.63) is 123 Å². The van der Waals surface area contributed by atoms with Gasteiger partial charge in [0, 0.05) is 133 Å². The van der Waals surface area contributed by atoms with Crippen LogP contribution in [0.2, 0.25) is 0 Å². The minimum atomic E-state index is -2.30. The zero-order valence-electron chi connectivity index (χ0n) is 56.5. The van der Waals surface area contributed by atoms with E-state index in [1.165, 1.54) is 46.5 Å². The van der Waals surface area contributed by atoms with Gasteiger partial charge < -0.3 is 84.5 Å². The summed E-state index contributed by atoms with van der Waals surface area (Å²) in [5.41, 5.74) is 0.749. The number of anilines is 1. The Morgan fingerprint density at radius 1 is 0.827 bits per heavy atom. The van der Waals surface area contributed by atoms with Crippen LogP contribution in [-0.4, -0.2) is 220 Å². The van der Waals surface area contributed by atoms with E-state index in [9.17, 15) is 59.7 Å². The molecule has 5 aromatic rings. The first-order chi connectivity index (χ1) is 46.6. The molecule has 0 radical (unpaired) electrons. The van der Waals surface area contributed by atoms with Crippen molar-refractivity contribution in [3.63, 3.8) is 0 Å². The van der Waals surface area contributed by atoms with Gasteiger partial charge in [-0.15, -0.1) is 0 Å². The molecular formula is C73H87N5O20. The first kappa shape index (κ1) is 68.7. The van der Waals surface area contributed by atoms with Gasteiger partial charge in [0.2, 0.25) is 11.4 Å². The SMILES string of the molecule is CC[C@]1(O)C[C@@H]2CN(CCc3c([nH]c4ccccc34)[C@@](C(=O)OC)(c3cc4c(cc3OC)N(C)[C@H]3[C@@](O)(C(=O)OC)[C@H](OC(C)=O)[C@]5(CC)C=CCN6CC[C@]43[C@@H]65)C2)C1.COc1cccc2c1C(=O)c1c(O)c3c(c(O)c1C2=O)C[C@@](O)(C(=O)CO)C[C@@H]3O[C@H]1C[C@H](N)[C@H](O)[C@H](C)O1. The molecule has 6 aliphatic heterocycles. The van der Waals surface area contributed by atoms with E-state index in [4.69, 9.17) is 38.9 Å². The van der Waals surface area contributed by atoms with E-state index < -0.39 is 153 Å². The maximum Gasteiger partial charge on any atom is 0.344 e. The van der Waals surface area contributed by atoms with Crippen LogP contribution in [0.1, 0.15) is 144 Å². The number of aliphatic hydroxyl groups is 5. The number of likely N-dealkylation sites (N-methyl/N-ethyl adjacent to an activating group) is 1. The van der Waals surface area contributed by atoms with E-state index >= 15 is 4.79 Å². The molecule has 1 aromatic heterocycles. The fraction of sp³-hybridized carbons (Fsp3) is 0.534. The first-order valence-electron chi connectivity index (χ1n) is 33.6. The number of H-pyrrole nitrogens is 1. The molecule has 7 heterocycles. The van der Waals surface area contributed by atoms with Crippen LogP contribution in [0.15, 0.2) is 66.7 Å². The average Bonchev–Trinajstić information content (AvgIpc) is 1.45. The van der Waals surface area contributed by atoms with E-state index in [1.54, 1.807) is 14.0 Å². The third-order valence-electron chi connectivity index (χ3n) is 23.4. The molecule has 1 spiro atoms. The number of piperidine rings is 1. The van der Waals surface area contributed by atoms with Gasteiger partial charge in [-0.05, 0) is 87.2 Å². The lowest BCUT2D eigenvalue weighted by Gasteiger charge is -2.63. The number of aliphatic hydroxyl groups excluding tert-OH is 2. The fourth-order valence-corrected chi connectivity index (χ4v) is 19.3. The number of para-hydroxylation sites is 1. The summed E-state index contributed by atoms with van der Waals surface area (Å²) in [4.78, 5) is 92.9. The highest BCUT2D eigenvalue weighted by Gasteiger charge is 2.80. The Labute approximate surface area is 566 Å². The summed E-state index contributed by atoms with van der Waals surface area (Å²) in [6.07, 6.45) is 0.822. The molecule has 25 nitrogen and oxygen atoms in total. The number of fused-ring (bicyclic) bond motifs is 9. The normalized spacial score (nSPS) is 34.1. The van der Waals surface area contributed by atoms with Crippen molar-refractivity contribution in [1.29, 1.82) is 0 Å². The van der Waals surface area contributed by atoms with E-state index in [0.29, 0.717) is 82.6 Å². The van der Waals surface area contributed by atoms with Gasteiger partial charge in [-0.3, -0.25) is 33.8 Å². The molecule has 1 saturated carbocycles. The second kappa shape index (κ2) is 24.8. The molecule has 25 heteroatoms. The molecule has 2 bridgehead atoms. The predicted molar refractivity (Wildman–Crippen MR) is 352 cm³/mol. The number of nitrogens with two attached hydrogens (primary N) is 1. The molecule has 14 rings (SSSR count). The molecule has 0 amide bonds. The highest BCUT2D eigenvalue weighted by molar-refractivity contribution is 6.31. The number of methoxy groups -OCH3 is 4. The number of carbonyl (C=O) groups is 6. The van der Waals surface area contributed by atoms with E-state index in [-0.39, 0.29) is 46.4 Å². The number of carbonyl (C=O) groups excluding carboxylic acids is 6. The number of aromatic hydroxyl groups is 2. The third-order valence-corrected chi connectivity index (χ3v) is 23.4. The molecule has 4 fully saturated rings. The lowest BCUT2D eigenvalue weighted by atomic mass is 9.47. The second-order valence-corrected chi connectivity index (χ2v) is 28.4. The van der Waals surface area contributed by atoms with Crippen molar-refractivity contribution in [2.45, 2.75) is 162 Å². The van der Waals surface area contributed by atoms with Gasteiger partial charge in [-0.25, -0.2) is 4.79 Å². The highest BCUT2D eigenvalue weighted by atomic mass is 16.7. The van der Waals surface area contributed by atoms with Crippen LogP contribution < -0.4 is 20.1 Å². The number of esters is 3. The van der Waals surface area contributed by atoms with Crippen LogP contribution in [0, 0.1) is 11.3 Å². The molecule has 524 valence electrons. The van der Waals surface area contributed by atoms with Crippen LogP contribution in [0.5, 0.6) is 23.0 Å². The Hall–Kier alpha value is -7.82. The lowest BCUT2D eigenvalue weighted by molar-refractivity contribution is -0.247. The molecule has 10 N–H and O–H groups in total. The number of hydrogen-bond acceptors (Lipinski definition) is 24. The van der Waals surface area contributed by atoms with E-state index in [2.05, 4.69) is 39.1 Å². The second-order valence-electron chi connectivity index (χ2n) is 28.4. The number of nitrogens with zero attached hydrogens (tertiary/aromatic N) is 3. The Balaban J connectivity index is 0.000000192. The van der Waals surface area contributed by atoms with Gasteiger partial charge in [0.1, 0.15) is 40.6 Å². The van der Waals surface area contributed by atoms with E-state index in [0.717, 1.165) is 33.4 Å². The van der Waals surface area contributed by atoms with Crippen LogP contribution in [-0.2, 0) is 66.5 Å². The summed E-state index contributed by atoms with van der Waals surface area (Å²) in [5.74, 6) is -5.34. The molecule has 3 aliphatic carbocycles. The van der Waals surface area contributed by atoms with Crippen LogP contribution in [0.25, 0.3) is 10.9 Å². The van der Waals surface area contributed by atoms with Gasteiger partial charge in [0.25, 0.3) is 0 Å². The quantitative estimate of drug-likeness (QED) is 0.0362. The number of phenolic OH excluding ortho intramolecular Hbond substituents is 2. The number of aromatic amines is 1. The summed E-state index contributed by atoms with van der Waals surface area (Å²) in [6.45, 7) is 9.18. The maximum absolute atomic E-state index is 15.3. The molecule has 3 saturated heterocycles. The Morgan fingerprint density at radius 3 is 2.22 bits per heavy atom. The van der Waals surface area contributed by atoms with Gasteiger partial charge >= 0.3 is 17.9 Å². The zero-order chi connectivity index (χ0) is 70.2. The lowest BCUT2D eigenvalue weighted by Crippen LogP contribution is -2.81.